The molecule has 1 aromatic carbocycles. The van der Waals surface area contributed by atoms with Crippen LogP contribution < -0.4 is 0 Å². The summed E-state index contributed by atoms with van der Waals surface area (Å²) in [6.07, 6.45) is 4.65. The van der Waals surface area contributed by atoms with Gasteiger partial charge in [0.05, 0.1) is 30.5 Å². The Labute approximate surface area is 232 Å². The van der Waals surface area contributed by atoms with Crippen LogP contribution in [0.4, 0.5) is 0 Å². The lowest BCUT2D eigenvalue weighted by molar-refractivity contribution is -0.286. The van der Waals surface area contributed by atoms with Gasteiger partial charge in [-0.1, -0.05) is 43.7 Å². The Morgan fingerprint density at radius 2 is 1.95 bits per heavy atom. The molecule has 8 atom stereocenters. The molecule has 8 unspecified atom stereocenters. The number of aliphatic carboxylic acids is 1. The number of hydrogen-bond donors (Lipinski definition) is 3. The molecular formula is C33H45NO5. The molecule has 6 nitrogen and oxygen atoms in total. The predicted octanol–water partition coefficient (Wildman–Crippen LogP) is 6.16. The van der Waals surface area contributed by atoms with Crippen LogP contribution in [0.1, 0.15) is 84.9 Å². The van der Waals surface area contributed by atoms with Gasteiger partial charge in [0.1, 0.15) is 5.41 Å². The van der Waals surface area contributed by atoms with Crippen molar-refractivity contribution in [2.45, 2.75) is 109 Å². The second-order valence-electron chi connectivity index (χ2n) is 14.0. The Bertz CT molecular complexity index is 1320. The molecule has 3 fully saturated rings. The molecular weight excluding hydrogens is 490 g/mol. The highest BCUT2D eigenvalue weighted by Gasteiger charge is 2.73. The number of carboxylic acid groups (broad SMARTS) is 1. The fourth-order valence-corrected chi connectivity index (χ4v) is 9.47. The first-order valence-electron chi connectivity index (χ1n) is 14.8. The molecule has 2 heterocycles. The van der Waals surface area contributed by atoms with E-state index in [1.807, 2.05) is 33.8 Å². The summed E-state index contributed by atoms with van der Waals surface area (Å²) in [5.41, 5.74) is 2.58. The van der Waals surface area contributed by atoms with Crippen LogP contribution in [0.25, 0.3) is 10.9 Å². The van der Waals surface area contributed by atoms with E-state index in [1.54, 1.807) is 0 Å². The molecule has 2 saturated carbocycles. The SMILES string of the molecule is CC(C)=CCOC(C)(C)C1CC(O)C2(C(=O)O)C(CCC3(C)C2CCC2Cc4c([nH]c5ccccc45)C23C)O1. The normalized spacial score (nSPS) is 39.4. The smallest absolute Gasteiger partial charge is 0.315 e. The second kappa shape index (κ2) is 8.92. The number of H-pyrrole nitrogens is 1. The number of carbonyl (C=O) groups is 1. The summed E-state index contributed by atoms with van der Waals surface area (Å²) in [7, 11) is 0. The number of rotatable bonds is 5. The molecule has 0 spiro atoms. The van der Waals surface area contributed by atoms with Crippen molar-refractivity contribution >= 4 is 16.9 Å². The number of carboxylic acids is 1. The van der Waals surface area contributed by atoms with E-state index in [4.69, 9.17) is 9.47 Å². The van der Waals surface area contributed by atoms with Crippen molar-refractivity contribution in [1.82, 2.24) is 4.98 Å². The van der Waals surface area contributed by atoms with Crippen LogP contribution in [-0.4, -0.2) is 51.7 Å². The largest absolute Gasteiger partial charge is 0.481 e. The average Bonchev–Trinajstić information content (AvgIpc) is 3.38. The van der Waals surface area contributed by atoms with Gasteiger partial charge in [-0.25, -0.2) is 0 Å². The number of aliphatic hydroxyl groups is 1. The van der Waals surface area contributed by atoms with E-state index in [0.29, 0.717) is 18.9 Å². The Morgan fingerprint density at radius 1 is 1.21 bits per heavy atom. The summed E-state index contributed by atoms with van der Waals surface area (Å²) in [4.78, 5) is 17.2. The molecule has 3 aliphatic carbocycles. The van der Waals surface area contributed by atoms with E-state index in [0.717, 1.165) is 31.2 Å². The van der Waals surface area contributed by atoms with Gasteiger partial charge in [-0.05, 0) is 88.7 Å². The van der Waals surface area contributed by atoms with Crippen LogP contribution in [0, 0.1) is 22.7 Å². The second-order valence-corrected chi connectivity index (χ2v) is 14.0. The Kier molecular flexibility index (Phi) is 6.19. The molecule has 1 aliphatic heterocycles. The van der Waals surface area contributed by atoms with Crippen molar-refractivity contribution in [3.8, 4) is 0 Å². The molecule has 0 amide bonds. The molecule has 2 aromatic rings. The number of fused-ring (bicyclic) bond motifs is 9. The topological polar surface area (TPSA) is 91.8 Å². The minimum Gasteiger partial charge on any atom is -0.481 e. The summed E-state index contributed by atoms with van der Waals surface area (Å²) in [6.45, 7) is 13.2. The molecule has 4 aliphatic rings. The van der Waals surface area contributed by atoms with Crippen molar-refractivity contribution in [3.63, 3.8) is 0 Å². The minimum absolute atomic E-state index is 0.189. The highest BCUT2D eigenvalue weighted by molar-refractivity contribution is 5.86. The van der Waals surface area contributed by atoms with Gasteiger partial charge in [0.2, 0.25) is 0 Å². The molecule has 6 rings (SSSR count). The number of allylic oxidation sites excluding steroid dienone is 1. The number of ether oxygens (including phenoxy) is 2. The Balaban J connectivity index is 1.38. The molecule has 0 bridgehead atoms. The highest BCUT2D eigenvalue weighted by atomic mass is 16.6. The monoisotopic (exact) mass is 535 g/mol. The molecule has 212 valence electrons. The fourth-order valence-electron chi connectivity index (χ4n) is 9.47. The van der Waals surface area contributed by atoms with E-state index in [-0.39, 0.29) is 29.3 Å². The van der Waals surface area contributed by atoms with Crippen molar-refractivity contribution in [3.05, 3.63) is 47.2 Å². The fraction of sp³-hybridized carbons (Fsp3) is 0.667. The van der Waals surface area contributed by atoms with E-state index in [9.17, 15) is 15.0 Å². The molecule has 0 radical (unpaired) electrons. The van der Waals surface area contributed by atoms with Gasteiger partial charge in [0.15, 0.2) is 0 Å². The maximum absolute atomic E-state index is 13.4. The molecule has 3 N–H and O–H groups in total. The van der Waals surface area contributed by atoms with E-state index < -0.39 is 29.2 Å². The third-order valence-electron chi connectivity index (χ3n) is 11.8. The zero-order chi connectivity index (χ0) is 28.0. The van der Waals surface area contributed by atoms with Gasteiger partial charge in [-0.15, -0.1) is 0 Å². The lowest BCUT2D eigenvalue weighted by atomic mass is 9.39. The number of aliphatic hydroxyl groups excluding tert-OH is 1. The first-order valence-corrected chi connectivity index (χ1v) is 14.8. The van der Waals surface area contributed by atoms with Crippen molar-refractivity contribution in [2.75, 3.05) is 6.61 Å². The number of para-hydroxylation sites is 1. The number of benzene rings is 1. The maximum Gasteiger partial charge on any atom is 0.315 e. The lowest BCUT2D eigenvalue weighted by Crippen LogP contribution is -2.72. The summed E-state index contributed by atoms with van der Waals surface area (Å²) in [5.74, 6) is -0.635. The molecule has 39 heavy (non-hydrogen) atoms. The van der Waals surface area contributed by atoms with Crippen molar-refractivity contribution < 1.29 is 24.5 Å². The third kappa shape index (κ3) is 3.53. The first kappa shape index (κ1) is 27.0. The Hall–Kier alpha value is -2.15. The minimum atomic E-state index is -1.33. The van der Waals surface area contributed by atoms with E-state index in [2.05, 4.69) is 43.1 Å². The van der Waals surface area contributed by atoms with Crippen LogP contribution in [0.15, 0.2) is 35.9 Å². The zero-order valence-corrected chi connectivity index (χ0v) is 24.3. The first-order chi connectivity index (χ1) is 18.4. The van der Waals surface area contributed by atoms with Gasteiger partial charge >= 0.3 is 5.97 Å². The van der Waals surface area contributed by atoms with Crippen LogP contribution in [0.2, 0.25) is 0 Å². The molecule has 6 heteroatoms. The van der Waals surface area contributed by atoms with Gasteiger partial charge in [-0.2, -0.15) is 0 Å². The average molecular weight is 536 g/mol. The predicted molar refractivity (Wildman–Crippen MR) is 152 cm³/mol. The van der Waals surface area contributed by atoms with Gasteiger partial charge < -0.3 is 24.7 Å². The number of aromatic nitrogens is 1. The molecule has 1 aromatic heterocycles. The van der Waals surface area contributed by atoms with Crippen LogP contribution in [-0.2, 0) is 26.1 Å². The summed E-state index contributed by atoms with van der Waals surface area (Å²) >= 11 is 0. The number of hydrogen-bond acceptors (Lipinski definition) is 4. The van der Waals surface area contributed by atoms with E-state index in [1.165, 1.54) is 22.2 Å². The van der Waals surface area contributed by atoms with Crippen LogP contribution in [0.5, 0.6) is 0 Å². The quantitative estimate of drug-likeness (QED) is 0.399. The summed E-state index contributed by atoms with van der Waals surface area (Å²) in [5, 5.41) is 24.2. The lowest BCUT2D eigenvalue weighted by Gasteiger charge is -2.67. The van der Waals surface area contributed by atoms with Crippen LogP contribution >= 0.6 is 0 Å². The Morgan fingerprint density at radius 3 is 2.67 bits per heavy atom. The van der Waals surface area contributed by atoms with Crippen LogP contribution in [0.3, 0.4) is 0 Å². The standard InChI is InChI=1S/C33H45NO5/c1-19(2)14-16-38-30(3,4)27-18-25(35)33(29(36)37)24-12-11-20-17-22-21-9-7-8-10-23(21)34-28(22)32(20,6)31(24,5)15-13-26(33)39-27/h7-10,14,20,24-27,34-35H,11-13,15-18H2,1-6H3,(H,36,37). The number of aromatic amines is 1. The number of nitrogens with one attached hydrogen (secondary N) is 1. The zero-order valence-electron chi connectivity index (χ0n) is 24.3. The van der Waals surface area contributed by atoms with Crippen molar-refractivity contribution in [2.24, 2.45) is 22.7 Å². The van der Waals surface area contributed by atoms with E-state index >= 15 is 0 Å². The van der Waals surface area contributed by atoms with Crippen molar-refractivity contribution in [1.29, 1.82) is 0 Å². The van der Waals surface area contributed by atoms with Gasteiger partial charge in [0.25, 0.3) is 0 Å². The van der Waals surface area contributed by atoms with Gasteiger partial charge in [-0.3, -0.25) is 4.79 Å². The summed E-state index contributed by atoms with van der Waals surface area (Å²) < 4.78 is 12.9. The molecule has 1 saturated heterocycles. The summed E-state index contributed by atoms with van der Waals surface area (Å²) in [6, 6.07) is 8.53. The third-order valence-corrected chi connectivity index (χ3v) is 11.8. The maximum atomic E-state index is 13.4. The highest BCUT2D eigenvalue weighted by Crippen LogP contribution is 2.71. The van der Waals surface area contributed by atoms with Gasteiger partial charge in [0, 0.05) is 28.4 Å².